The van der Waals surface area contributed by atoms with Gasteiger partial charge in [-0.25, -0.2) is 4.98 Å². The van der Waals surface area contributed by atoms with Crippen molar-refractivity contribution in [3.63, 3.8) is 0 Å². The Morgan fingerprint density at radius 1 is 1.38 bits per heavy atom. The number of aromatic nitrogens is 2. The number of halogens is 1. The molecule has 1 heterocycles. The molecule has 1 saturated carbocycles. The maximum atomic E-state index is 6.43. The number of benzene rings is 1. The molecule has 112 valence electrons. The van der Waals surface area contributed by atoms with Gasteiger partial charge in [-0.15, -0.1) is 0 Å². The Kier molecular flexibility index (Phi) is 3.82. The fraction of sp³-hybridized carbons (Fsp3) is 0.471. The first-order valence-corrected chi connectivity index (χ1v) is 8.39. The molecule has 1 aliphatic rings. The van der Waals surface area contributed by atoms with Crippen LogP contribution in [-0.4, -0.2) is 9.55 Å². The summed E-state index contributed by atoms with van der Waals surface area (Å²) in [6.45, 7) is 7.48. The summed E-state index contributed by atoms with van der Waals surface area (Å²) < 4.78 is 3.35. The van der Waals surface area contributed by atoms with E-state index in [1.807, 2.05) is 0 Å². The van der Waals surface area contributed by atoms with E-state index in [2.05, 4.69) is 59.5 Å². The van der Waals surface area contributed by atoms with Crippen molar-refractivity contribution in [2.24, 2.45) is 5.92 Å². The summed E-state index contributed by atoms with van der Waals surface area (Å²) in [5, 5.41) is 0. The monoisotopic (exact) mass is 347 g/mol. The molecule has 0 bridgehead atoms. The molecule has 1 aromatic heterocycles. The van der Waals surface area contributed by atoms with Crippen LogP contribution in [0, 0.1) is 12.8 Å². The van der Waals surface area contributed by atoms with Crippen LogP contribution in [-0.2, 0) is 6.54 Å². The standard InChI is InChI=1S/C17H22BrN3/c1-10(2)9-21-16(19)15(20-17(21)12-4-5-12)13-6-7-14(18)11(3)8-13/h6-8,10,12H,4-5,9,19H2,1-3H3. The number of rotatable bonds is 4. The highest BCUT2D eigenvalue weighted by Crippen LogP contribution is 2.42. The number of nitrogens with zero attached hydrogens (tertiary/aromatic N) is 2. The lowest BCUT2D eigenvalue weighted by Gasteiger charge is -2.12. The summed E-state index contributed by atoms with van der Waals surface area (Å²) in [5.41, 5.74) is 9.68. The lowest BCUT2D eigenvalue weighted by Crippen LogP contribution is -2.10. The highest BCUT2D eigenvalue weighted by molar-refractivity contribution is 9.10. The molecule has 0 spiro atoms. The average molecular weight is 348 g/mol. The van der Waals surface area contributed by atoms with Gasteiger partial charge in [0.25, 0.3) is 0 Å². The molecular weight excluding hydrogens is 326 g/mol. The van der Waals surface area contributed by atoms with Crippen LogP contribution in [0.1, 0.15) is 44.0 Å². The van der Waals surface area contributed by atoms with Crippen LogP contribution in [0.2, 0.25) is 0 Å². The van der Waals surface area contributed by atoms with Gasteiger partial charge in [-0.1, -0.05) is 35.8 Å². The lowest BCUT2D eigenvalue weighted by molar-refractivity contribution is 0.512. The quantitative estimate of drug-likeness (QED) is 0.868. The number of anilines is 1. The minimum atomic E-state index is 0.568. The van der Waals surface area contributed by atoms with Gasteiger partial charge in [-0.3, -0.25) is 0 Å². The minimum absolute atomic E-state index is 0.568. The van der Waals surface area contributed by atoms with Crippen LogP contribution in [0.25, 0.3) is 11.3 Å². The zero-order valence-corrected chi connectivity index (χ0v) is 14.4. The van der Waals surface area contributed by atoms with E-state index in [4.69, 9.17) is 10.7 Å². The fourth-order valence-corrected chi connectivity index (χ4v) is 2.94. The third-order valence-corrected chi connectivity index (χ3v) is 4.85. The van der Waals surface area contributed by atoms with E-state index in [1.165, 1.54) is 24.2 Å². The molecular formula is C17H22BrN3. The molecule has 0 aliphatic heterocycles. The molecule has 1 aliphatic carbocycles. The van der Waals surface area contributed by atoms with Gasteiger partial charge in [0.05, 0.1) is 0 Å². The molecule has 0 atom stereocenters. The second-order valence-electron chi connectivity index (χ2n) is 6.45. The van der Waals surface area contributed by atoms with Crippen molar-refractivity contribution in [2.45, 2.75) is 46.1 Å². The predicted molar refractivity (Wildman–Crippen MR) is 91.3 cm³/mol. The number of nitrogens with two attached hydrogens (primary N) is 1. The largest absolute Gasteiger partial charge is 0.383 e. The summed E-state index contributed by atoms with van der Waals surface area (Å²) in [4.78, 5) is 4.89. The predicted octanol–water partition coefficient (Wildman–Crippen LogP) is 4.74. The van der Waals surface area contributed by atoms with E-state index in [0.717, 1.165) is 28.1 Å². The molecule has 1 aromatic carbocycles. The van der Waals surface area contributed by atoms with Crippen LogP contribution >= 0.6 is 15.9 Å². The number of hydrogen-bond donors (Lipinski definition) is 1. The van der Waals surface area contributed by atoms with Gasteiger partial charge < -0.3 is 10.3 Å². The number of hydrogen-bond acceptors (Lipinski definition) is 2. The van der Waals surface area contributed by atoms with Gasteiger partial charge in [0.1, 0.15) is 17.3 Å². The van der Waals surface area contributed by atoms with Crippen LogP contribution in [0.4, 0.5) is 5.82 Å². The van der Waals surface area contributed by atoms with Crippen molar-refractivity contribution >= 4 is 21.7 Å². The van der Waals surface area contributed by atoms with Gasteiger partial charge in [0.15, 0.2) is 0 Å². The van der Waals surface area contributed by atoms with Crippen LogP contribution in [0.5, 0.6) is 0 Å². The Balaban J connectivity index is 2.07. The Bertz CT molecular complexity index is 669. The third kappa shape index (κ3) is 2.86. The van der Waals surface area contributed by atoms with Gasteiger partial charge in [0, 0.05) is 22.5 Å². The smallest absolute Gasteiger partial charge is 0.131 e. The minimum Gasteiger partial charge on any atom is -0.383 e. The van der Waals surface area contributed by atoms with E-state index in [0.29, 0.717) is 11.8 Å². The van der Waals surface area contributed by atoms with Crippen molar-refractivity contribution in [2.75, 3.05) is 5.73 Å². The van der Waals surface area contributed by atoms with Crippen molar-refractivity contribution in [1.82, 2.24) is 9.55 Å². The molecule has 21 heavy (non-hydrogen) atoms. The van der Waals surface area contributed by atoms with Crippen molar-refractivity contribution in [1.29, 1.82) is 0 Å². The fourth-order valence-electron chi connectivity index (χ4n) is 2.70. The number of nitrogen functional groups attached to an aromatic ring is 1. The van der Waals surface area contributed by atoms with E-state index in [1.54, 1.807) is 0 Å². The maximum Gasteiger partial charge on any atom is 0.131 e. The Labute approximate surface area is 134 Å². The van der Waals surface area contributed by atoms with Crippen molar-refractivity contribution in [3.05, 3.63) is 34.1 Å². The zero-order chi connectivity index (χ0) is 15.1. The maximum absolute atomic E-state index is 6.43. The van der Waals surface area contributed by atoms with Gasteiger partial charge in [0.2, 0.25) is 0 Å². The van der Waals surface area contributed by atoms with Crippen LogP contribution in [0.3, 0.4) is 0 Å². The normalized spacial score (nSPS) is 14.9. The van der Waals surface area contributed by atoms with E-state index < -0.39 is 0 Å². The van der Waals surface area contributed by atoms with E-state index in [9.17, 15) is 0 Å². The average Bonchev–Trinajstić information content (AvgIpc) is 3.21. The molecule has 4 heteroatoms. The molecule has 3 nitrogen and oxygen atoms in total. The second-order valence-corrected chi connectivity index (χ2v) is 7.30. The summed E-state index contributed by atoms with van der Waals surface area (Å²) in [6.07, 6.45) is 2.49. The van der Waals surface area contributed by atoms with Crippen molar-refractivity contribution in [3.8, 4) is 11.3 Å². The molecule has 0 amide bonds. The van der Waals surface area contributed by atoms with Gasteiger partial charge in [-0.2, -0.15) is 0 Å². The highest BCUT2D eigenvalue weighted by atomic mass is 79.9. The Morgan fingerprint density at radius 2 is 2.10 bits per heavy atom. The highest BCUT2D eigenvalue weighted by Gasteiger charge is 2.31. The van der Waals surface area contributed by atoms with Gasteiger partial charge >= 0.3 is 0 Å². The first-order valence-electron chi connectivity index (χ1n) is 7.59. The topological polar surface area (TPSA) is 43.8 Å². The zero-order valence-electron chi connectivity index (χ0n) is 12.9. The third-order valence-electron chi connectivity index (χ3n) is 3.96. The second kappa shape index (κ2) is 5.48. The van der Waals surface area contributed by atoms with Gasteiger partial charge in [-0.05, 0) is 43.4 Å². The number of imidazole rings is 1. The van der Waals surface area contributed by atoms with E-state index >= 15 is 0 Å². The molecule has 0 saturated heterocycles. The summed E-state index contributed by atoms with van der Waals surface area (Å²) >= 11 is 3.55. The molecule has 2 N–H and O–H groups in total. The molecule has 2 aromatic rings. The summed E-state index contributed by atoms with van der Waals surface area (Å²) in [5.74, 6) is 3.17. The summed E-state index contributed by atoms with van der Waals surface area (Å²) in [6, 6.07) is 6.31. The molecule has 0 radical (unpaired) electrons. The first-order chi connectivity index (χ1) is 9.97. The lowest BCUT2D eigenvalue weighted by atomic mass is 10.1. The Morgan fingerprint density at radius 3 is 2.67 bits per heavy atom. The SMILES string of the molecule is Cc1cc(-c2nc(C3CC3)n(CC(C)C)c2N)ccc1Br. The first kappa shape index (κ1) is 14.6. The van der Waals surface area contributed by atoms with Crippen LogP contribution < -0.4 is 5.73 Å². The molecule has 1 fully saturated rings. The summed E-state index contributed by atoms with van der Waals surface area (Å²) in [7, 11) is 0. The Hall–Kier alpha value is -1.29. The van der Waals surface area contributed by atoms with E-state index in [-0.39, 0.29) is 0 Å². The number of aryl methyl sites for hydroxylation is 1. The molecule has 0 unspecified atom stereocenters. The van der Waals surface area contributed by atoms with Crippen molar-refractivity contribution < 1.29 is 0 Å². The molecule has 3 rings (SSSR count). The van der Waals surface area contributed by atoms with Crippen LogP contribution in [0.15, 0.2) is 22.7 Å².